The van der Waals surface area contributed by atoms with Gasteiger partial charge in [-0.25, -0.2) is 24.9 Å². The number of pyridine rings is 10. The molecule has 20 aromatic heterocycles. The smallest absolute Gasteiger partial charge is 0.386 e. The largest absolute Gasteiger partial charge is 0.401 e. The molecule has 1 aromatic carbocycles. The van der Waals surface area contributed by atoms with Crippen LogP contribution in [0.25, 0.3) is 171 Å². The van der Waals surface area contributed by atoms with E-state index >= 15 is 0 Å². The van der Waals surface area contributed by atoms with Crippen molar-refractivity contribution in [2.75, 3.05) is 0 Å². The number of aromatic nitrogens is 18. The fourth-order valence-corrected chi connectivity index (χ4v) is 17.9. The molecule has 0 bridgehead atoms. The van der Waals surface area contributed by atoms with Crippen LogP contribution in [-0.4, -0.2) is 63.5 Å². The summed E-state index contributed by atoms with van der Waals surface area (Å²) in [5.41, 5.74) is 22.7. The van der Waals surface area contributed by atoms with Gasteiger partial charge in [-0.3, -0.25) is 38.6 Å². The number of thiophene rings is 1. The second-order valence-electron chi connectivity index (χ2n) is 25.5. The highest BCUT2D eigenvalue weighted by atomic mass is 32.2. The quantitative estimate of drug-likeness (QED) is 0.139. The van der Waals surface area contributed by atoms with Crippen molar-refractivity contribution in [1.29, 1.82) is 0 Å². The van der Waals surface area contributed by atoms with Crippen molar-refractivity contribution < 1.29 is 49.0 Å². The highest BCUT2D eigenvalue weighted by molar-refractivity contribution is 7.42. The van der Waals surface area contributed by atoms with Crippen LogP contribution in [0.4, 0.5) is 0 Å². The van der Waals surface area contributed by atoms with Gasteiger partial charge in [0.25, 0.3) is 38.7 Å². The number of benzene rings is 1. The molecule has 0 N–H and O–H groups in total. The van der Waals surface area contributed by atoms with Crippen LogP contribution in [0.3, 0.4) is 0 Å². The molecule has 0 aliphatic carbocycles. The lowest BCUT2D eigenvalue weighted by molar-refractivity contribution is -0.648. The monoisotopic (exact) mass is 1390 g/mol. The molecule has 0 saturated carbocycles. The lowest BCUT2D eigenvalue weighted by Gasteiger charge is -2.03. The van der Waals surface area contributed by atoms with E-state index in [4.69, 9.17) is 26.2 Å². The molecule has 25 heteroatoms. The van der Waals surface area contributed by atoms with Crippen molar-refractivity contribution in [3.8, 4) is 62.1 Å². The number of oxazole rings is 4. The summed E-state index contributed by atoms with van der Waals surface area (Å²) in [6.07, 6.45) is 27.2. The predicted octanol–water partition coefficient (Wildman–Crippen LogP) is 13.1. The van der Waals surface area contributed by atoms with E-state index in [1.165, 1.54) is 52.3 Å². The van der Waals surface area contributed by atoms with Crippen molar-refractivity contribution in [2.45, 2.75) is 32.7 Å². The SMILES string of the molecule is Cn1c2ncccc2c2c1oc1[n+]2Cc2ccncc2-1.[2H]C([2H])([2H])n1c2ncccc2c2c1oc1[n+]2Cc2ccncc2-1.c1ccc(-n2c3ncccc3c3c2oc2[n+]3Cc3ccncc3-2)cc1.c1cnc2oc3oc4[n+](c3c2c1)Cc1ccncc1-4.c1cnc2sc3sc4[n+](c3c2c1)Cc1ccncc1-4. The molecule has 21 aromatic rings. The summed E-state index contributed by atoms with van der Waals surface area (Å²) in [6.45, 7) is 1.63. The Kier molecular flexibility index (Phi) is 11.7. The highest BCUT2D eigenvalue weighted by Gasteiger charge is 2.42. The minimum absolute atomic E-state index is 0.322. The third kappa shape index (κ3) is 8.44. The van der Waals surface area contributed by atoms with E-state index in [0.29, 0.717) is 35.3 Å². The van der Waals surface area contributed by atoms with Gasteiger partial charge in [-0.1, -0.05) is 40.9 Å². The number of thiazole rings is 1. The summed E-state index contributed by atoms with van der Waals surface area (Å²) in [7, 11) is 1.99. The molecular weight excluding hydrogens is 1330 g/mol. The van der Waals surface area contributed by atoms with Crippen molar-refractivity contribution in [3.05, 3.63) is 242 Å². The van der Waals surface area contributed by atoms with Crippen LogP contribution in [0, 0.1) is 0 Å². The third-order valence-electron chi connectivity index (χ3n) is 19.9. The van der Waals surface area contributed by atoms with Gasteiger partial charge >= 0.3 is 34.9 Å². The molecule has 5 aliphatic heterocycles. The zero-order chi connectivity index (χ0) is 70.2. The maximum Gasteiger partial charge on any atom is 0.386 e. The topological polar surface area (TPSA) is 229 Å². The Bertz CT molecular complexity index is 7100. The predicted molar refractivity (Wildman–Crippen MR) is 383 cm³/mol. The first-order chi connectivity index (χ1) is 52.1. The average Bonchev–Trinajstić information content (AvgIpc) is 1.57. The molecular formula is C78H51N18O5S2+5. The van der Waals surface area contributed by atoms with E-state index in [2.05, 4.69) is 115 Å². The van der Waals surface area contributed by atoms with Crippen molar-refractivity contribution in [1.82, 2.24) is 63.5 Å². The number of rotatable bonds is 1. The highest BCUT2D eigenvalue weighted by Crippen LogP contribution is 2.43. The molecule has 0 fully saturated rings. The maximum absolute atomic E-state index is 7.83. The van der Waals surface area contributed by atoms with E-state index in [-0.39, 0.29) is 0 Å². The van der Waals surface area contributed by atoms with Gasteiger partial charge in [0.15, 0.2) is 42.4 Å². The van der Waals surface area contributed by atoms with E-state index in [1.807, 2.05) is 162 Å². The summed E-state index contributed by atoms with van der Waals surface area (Å²) in [5, 5.41) is 6.57. The second kappa shape index (κ2) is 22.1. The van der Waals surface area contributed by atoms with Gasteiger partial charge < -0.3 is 22.1 Å². The molecule has 23 nitrogen and oxygen atoms in total. The maximum atomic E-state index is 7.83. The molecule has 0 saturated heterocycles. The van der Waals surface area contributed by atoms with E-state index in [9.17, 15) is 0 Å². The first kappa shape index (κ1) is 54.5. The van der Waals surface area contributed by atoms with Crippen molar-refractivity contribution in [2.24, 2.45) is 14.0 Å². The average molecular weight is 1390 g/mol. The zero-order valence-electron chi connectivity index (χ0n) is 57.2. The van der Waals surface area contributed by atoms with Crippen LogP contribution < -0.4 is 22.8 Å². The molecule has 0 spiro atoms. The fraction of sp³-hybridized carbons (Fsp3) is 0.0897. The Hall–Kier alpha value is -13.4. The molecule has 0 amide bonds. The van der Waals surface area contributed by atoms with Crippen LogP contribution in [0.15, 0.2) is 236 Å². The first-order valence-corrected chi connectivity index (χ1v) is 34.8. The van der Waals surface area contributed by atoms with Crippen LogP contribution in [0.2, 0.25) is 0 Å². The molecule has 490 valence electrons. The Balaban J connectivity index is 0.0000000830. The number of fused-ring (bicyclic) bond motifs is 35. The molecule has 25 heterocycles. The Morgan fingerprint density at radius 1 is 0.369 bits per heavy atom. The standard InChI is InChI=1S/C20H13N4O.2C15H11N4O.C14H8N3O2.C14H8N3S2/c1-2-5-14(6-3-1)24-18-15(7-4-9-22-18)17-20(24)25-19-16-11-21-10-8-13(16)12-23(17)19;2*1-18-13-10(3-2-5-17-13)12-15(18)20-14-11-7-16-6-4-9(11)8-19(12)14;2*1-2-9-11-14(18-12(9)16-4-1)19-13-10-6-15-5-3-8(10)7-17(11)13/h1-11H,12H2;2*2-7H,8H2,1H3;2*1-6H,7H2/q5*+1/i;1D3;;;. The summed E-state index contributed by atoms with van der Waals surface area (Å²) in [6, 6.07) is 40.3. The summed E-state index contributed by atoms with van der Waals surface area (Å²) in [5.74, 6) is 3.73. The Morgan fingerprint density at radius 2 is 0.806 bits per heavy atom. The molecule has 26 rings (SSSR count). The van der Waals surface area contributed by atoms with Gasteiger partial charge in [-0.15, -0.1) is 18.3 Å². The van der Waals surface area contributed by atoms with Gasteiger partial charge in [0.1, 0.15) is 43.8 Å². The van der Waals surface area contributed by atoms with Crippen molar-refractivity contribution >= 4 is 132 Å². The number of nitrogens with zero attached hydrogens (tertiary/aromatic N) is 18. The normalized spacial score (nSPS) is 13.5. The number of furan rings is 1. The van der Waals surface area contributed by atoms with Crippen LogP contribution in [0.1, 0.15) is 31.9 Å². The first-order valence-electron chi connectivity index (χ1n) is 34.7. The summed E-state index contributed by atoms with van der Waals surface area (Å²) in [4.78, 5) is 44.1. The number of aryl methyl sites for hydroxylation is 2. The van der Waals surface area contributed by atoms with Crippen LogP contribution in [0.5, 0.6) is 0 Å². The van der Waals surface area contributed by atoms with E-state index < -0.39 is 6.98 Å². The lowest BCUT2D eigenvalue weighted by atomic mass is 10.2. The Morgan fingerprint density at radius 3 is 1.38 bits per heavy atom. The Labute approximate surface area is 591 Å². The second-order valence-corrected chi connectivity index (χ2v) is 27.7. The van der Waals surface area contributed by atoms with Gasteiger partial charge in [0, 0.05) is 139 Å². The van der Waals surface area contributed by atoms with Gasteiger partial charge in [0.05, 0.1) is 32.8 Å². The molecule has 0 unspecified atom stereocenters. The van der Waals surface area contributed by atoms with E-state index in [0.717, 1.165) is 149 Å². The number of para-hydroxylation sites is 1. The third-order valence-corrected chi connectivity index (χ3v) is 22.3. The van der Waals surface area contributed by atoms with Gasteiger partial charge in [-0.05, 0) is 103 Å². The van der Waals surface area contributed by atoms with Gasteiger partial charge in [0.2, 0.25) is 11.2 Å². The van der Waals surface area contributed by atoms with Crippen molar-refractivity contribution in [3.63, 3.8) is 0 Å². The molecule has 5 aliphatic rings. The van der Waals surface area contributed by atoms with Gasteiger partial charge in [-0.2, -0.15) is 4.57 Å². The van der Waals surface area contributed by atoms with E-state index in [1.54, 1.807) is 48.4 Å². The molecule has 0 radical (unpaired) electrons. The van der Waals surface area contributed by atoms with Crippen LogP contribution in [-0.2, 0) is 46.7 Å². The van der Waals surface area contributed by atoms with Crippen LogP contribution >= 0.6 is 22.7 Å². The molecule has 103 heavy (non-hydrogen) atoms. The summed E-state index contributed by atoms with van der Waals surface area (Å²) < 4.78 is 71.0. The molecule has 0 atom stereocenters. The fourth-order valence-electron chi connectivity index (χ4n) is 15.3. The minimum Gasteiger partial charge on any atom is -0.401 e. The number of hydrogen-bond donors (Lipinski definition) is 0. The lowest BCUT2D eigenvalue weighted by Crippen LogP contribution is -2.30. The summed E-state index contributed by atoms with van der Waals surface area (Å²) >= 11 is 3.64. The zero-order valence-corrected chi connectivity index (χ0v) is 55.8. The minimum atomic E-state index is -2.36. The number of hydrogen-bond acceptors (Lipinski definition) is 17.